The van der Waals surface area contributed by atoms with Crippen LogP contribution in [0.25, 0.3) is 0 Å². The van der Waals surface area contributed by atoms with Gasteiger partial charge in [0.1, 0.15) is 0 Å². The smallest absolute Gasteiger partial charge is 0.343 e. The molecule has 4 N–H and O–H groups in total. The van der Waals surface area contributed by atoms with Gasteiger partial charge in [0.2, 0.25) is 0 Å². The number of esters is 1. The van der Waals surface area contributed by atoms with E-state index in [1.165, 1.54) is 6.42 Å². The lowest BCUT2D eigenvalue weighted by Gasteiger charge is -2.50. The summed E-state index contributed by atoms with van der Waals surface area (Å²) >= 11 is 0. The summed E-state index contributed by atoms with van der Waals surface area (Å²) in [7, 11) is 0. The van der Waals surface area contributed by atoms with Gasteiger partial charge < -0.3 is 15.8 Å². The molecule has 0 saturated carbocycles. The quantitative estimate of drug-likeness (QED) is 0.584. The van der Waals surface area contributed by atoms with Gasteiger partial charge >= 0.3 is 5.97 Å². The van der Waals surface area contributed by atoms with Crippen molar-refractivity contribution < 1.29 is 9.53 Å². The number of nitrogens with zero attached hydrogens (tertiary/aromatic N) is 1. The van der Waals surface area contributed by atoms with Gasteiger partial charge in [-0.1, -0.05) is 6.42 Å². The topological polar surface area (TPSA) is 79.6 Å². The molecule has 110 valence electrons. The van der Waals surface area contributed by atoms with Crippen molar-refractivity contribution in [3.8, 4) is 0 Å². The molecule has 2 heterocycles. The van der Waals surface area contributed by atoms with Gasteiger partial charge in [-0.3, -0.25) is 10.2 Å². The molecule has 2 atom stereocenters. The van der Waals surface area contributed by atoms with Crippen LogP contribution in [0.4, 0.5) is 0 Å². The Morgan fingerprint density at radius 3 is 2.74 bits per heavy atom. The lowest BCUT2D eigenvalue weighted by molar-refractivity contribution is -0.166. The molecule has 2 unspecified atom stereocenters. The Kier molecular flexibility index (Phi) is 5.15. The molecule has 6 heteroatoms. The molecule has 0 aromatic heterocycles. The highest BCUT2D eigenvalue weighted by molar-refractivity contribution is 5.82. The highest BCUT2D eigenvalue weighted by Crippen LogP contribution is 2.25. The number of piperidine rings is 1. The Morgan fingerprint density at radius 2 is 2.11 bits per heavy atom. The van der Waals surface area contributed by atoms with Crippen molar-refractivity contribution in [1.29, 1.82) is 0 Å². The van der Waals surface area contributed by atoms with Crippen molar-refractivity contribution in [3.05, 3.63) is 0 Å². The van der Waals surface area contributed by atoms with Crippen LogP contribution in [0, 0.1) is 0 Å². The molecule has 0 aliphatic carbocycles. The zero-order valence-electron chi connectivity index (χ0n) is 11.8. The van der Waals surface area contributed by atoms with E-state index in [4.69, 9.17) is 10.5 Å². The first-order valence-electron chi connectivity index (χ1n) is 7.36. The second-order valence-electron chi connectivity index (χ2n) is 5.20. The second-order valence-corrected chi connectivity index (χ2v) is 5.20. The molecule has 0 aromatic rings. The zero-order chi connectivity index (χ0) is 13.7. The molecular weight excluding hydrogens is 244 g/mol. The number of carbonyl (C=O) groups is 1. The Labute approximate surface area is 115 Å². The number of likely N-dealkylation sites (tertiary alicyclic amines) is 1. The lowest BCUT2D eigenvalue weighted by Crippen LogP contribution is -2.79. The van der Waals surface area contributed by atoms with Gasteiger partial charge in [-0.15, -0.1) is 0 Å². The van der Waals surface area contributed by atoms with E-state index in [1.807, 2.05) is 6.92 Å². The molecule has 0 radical (unpaired) electrons. The number of hydrogen-bond donors (Lipinski definition) is 3. The van der Waals surface area contributed by atoms with Crippen molar-refractivity contribution in [2.45, 2.75) is 37.9 Å². The molecule has 2 fully saturated rings. The Balaban J connectivity index is 2.26. The van der Waals surface area contributed by atoms with Gasteiger partial charge in [0.25, 0.3) is 0 Å². The summed E-state index contributed by atoms with van der Waals surface area (Å²) in [6.07, 6.45) is 3.48. The first-order valence-corrected chi connectivity index (χ1v) is 7.36. The molecule has 2 saturated heterocycles. The van der Waals surface area contributed by atoms with Gasteiger partial charge in [0, 0.05) is 32.7 Å². The fraction of sp³-hybridized carbons (Fsp3) is 0.923. The summed E-state index contributed by atoms with van der Waals surface area (Å²) in [6.45, 7) is 6.09. The van der Waals surface area contributed by atoms with Crippen LogP contribution in [0.5, 0.6) is 0 Å². The van der Waals surface area contributed by atoms with Gasteiger partial charge in [0.05, 0.1) is 12.6 Å². The van der Waals surface area contributed by atoms with Crippen LogP contribution in [0.3, 0.4) is 0 Å². The minimum Gasteiger partial charge on any atom is -0.464 e. The molecule has 0 bridgehead atoms. The SMILES string of the molecule is CCOC(=O)C1(N2CCCCC2)NCCNC1CN. The number of nitrogens with one attached hydrogen (secondary N) is 2. The fourth-order valence-electron chi connectivity index (χ4n) is 3.19. The number of piperazine rings is 1. The largest absolute Gasteiger partial charge is 0.464 e. The summed E-state index contributed by atoms with van der Waals surface area (Å²) in [6, 6.07) is -0.0987. The molecule has 2 aliphatic heterocycles. The van der Waals surface area contributed by atoms with Crippen LogP contribution in [0.2, 0.25) is 0 Å². The maximum absolute atomic E-state index is 12.6. The minimum atomic E-state index is -0.788. The van der Waals surface area contributed by atoms with Gasteiger partial charge in [-0.2, -0.15) is 0 Å². The van der Waals surface area contributed by atoms with E-state index in [0.717, 1.165) is 39.0 Å². The molecular formula is C13H26N4O2. The maximum Gasteiger partial charge on any atom is 0.343 e. The Morgan fingerprint density at radius 1 is 1.37 bits per heavy atom. The highest BCUT2D eigenvalue weighted by Gasteiger charge is 2.52. The first-order chi connectivity index (χ1) is 9.25. The van der Waals surface area contributed by atoms with Crippen molar-refractivity contribution in [2.24, 2.45) is 5.73 Å². The molecule has 19 heavy (non-hydrogen) atoms. The summed E-state index contributed by atoms with van der Waals surface area (Å²) in [5.74, 6) is -0.195. The number of nitrogens with two attached hydrogens (primary N) is 1. The molecule has 0 amide bonds. The van der Waals surface area contributed by atoms with Crippen LogP contribution < -0.4 is 16.4 Å². The van der Waals surface area contributed by atoms with E-state index >= 15 is 0 Å². The van der Waals surface area contributed by atoms with E-state index in [1.54, 1.807) is 0 Å². The monoisotopic (exact) mass is 270 g/mol. The van der Waals surface area contributed by atoms with Crippen molar-refractivity contribution >= 4 is 5.97 Å². The first kappa shape index (κ1) is 14.7. The zero-order valence-corrected chi connectivity index (χ0v) is 11.8. The number of rotatable bonds is 4. The number of carbonyl (C=O) groups excluding carboxylic acids is 1. The van der Waals surface area contributed by atoms with E-state index in [-0.39, 0.29) is 12.0 Å². The van der Waals surface area contributed by atoms with Gasteiger partial charge in [0.15, 0.2) is 5.66 Å². The summed E-state index contributed by atoms with van der Waals surface area (Å²) < 4.78 is 5.33. The maximum atomic E-state index is 12.6. The lowest BCUT2D eigenvalue weighted by atomic mass is 9.92. The highest BCUT2D eigenvalue weighted by atomic mass is 16.5. The molecule has 6 nitrogen and oxygen atoms in total. The van der Waals surface area contributed by atoms with Gasteiger partial charge in [-0.05, 0) is 19.8 Å². The van der Waals surface area contributed by atoms with E-state index < -0.39 is 5.66 Å². The van der Waals surface area contributed by atoms with Gasteiger partial charge in [-0.25, -0.2) is 4.79 Å². The van der Waals surface area contributed by atoms with Crippen LogP contribution in [-0.4, -0.2) is 61.9 Å². The van der Waals surface area contributed by atoms with Crippen LogP contribution in [0.15, 0.2) is 0 Å². The fourth-order valence-corrected chi connectivity index (χ4v) is 3.19. The third-order valence-corrected chi connectivity index (χ3v) is 4.09. The summed E-state index contributed by atoms with van der Waals surface area (Å²) in [5.41, 5.74) is 5.09. The van der Waals surface area contributed by atoms with Crippen molar-refractivity contribution in [2.75, 3.05) is 39.3 Å². The normalized spacial score (nSPS) is 33.1. The second kappa shape index (κ2) is 6.65. The summed E-state index contributed by atoms with van der Waals surface area (Å²) in [5, 5.41) is 6.76. The number of hydrogen-bond acceptors (Lipinski definition) is 6. The molecule has 2 rings (SSSR count). The third-order valence-electron chi connectivity index (χ3n) is 4.09. The van der Waals surface area contributed by atoms with E-state index in [0.29, 0.717) is 13.2 Å². The minimum absolute atomic E-state index is 0.0987. The molecule has 0 aromatic carbocycles. The Bertz CT molecular complexity index is 307. The van der Waals surface area contributed by atoms with Crippen molar-refractivity contribution in [1.82, 2.24) is 15.5 Å². The summed E-state index contributed by atoms with van der Waals surface area (Å²) in [4.78, 5) is 14.8. The number of ether oxygens (including phenoxy) is 1. The van der Waals surface area contributed by atoms with Crippen LogP contribution >= 0.6 is 0 Å². The molecule has 2 aliphatic rings. The third kappa shape index (κ3) is 2.76. The predicted octanol–water partition coefficient (Wildman–Crippen LogP) is -0.748. The molecule has 0 spiro atoms. The van der Waals surface area contributed by atoms with Crippen LogP contribution in [-0.2, 0) is 9.53 Å². The Hall–Kier alpha value is -0.690. The average molecular weight is 270 g/mol. The van der Waals surface area contributed by atoms with E-state index in [9.17, 15) is 4.79 Å². The average Bonchev–Trinajstić information content (AvgIpc) is 2.48. The van der Waals surface area contributed by atoms with E-state index in [2.05, 4.69) is 15.5 Å². The standard InChI is InChI=1S/C13H26N4O2/c1-2-19-12(18)13(17-8-4-3-5-9-17)11(10-14)15-6-7-16-13/h11,15-16H,2-10,14H2,1H3. The predicted molar refractivity (Wildman–Crippen MR) is 73.6 cm³/mol. The van der Waals surface area contributed by atoms with Crippen LogP contribution in [0.1, 0.15) is 26.2 Å². The van der Waals surface area contributed by atoms with Crippen molar-refractivity contribution in [3.63, 3.8) is 0 Å².